The fraction of sp³-hybridized carbons (Fsp3) is 0. The van der Waals surface area contributed by atoms with Crippen LogP contribution in [0.25, 0.3) is 100 Å². The summed E-state index contributed by atoms with van der Waals surface area (Å²) in [5, 5.41) is 4.92. The normalized spacial score (nSPS) is 11.6. The standard InChI is InChI=1S/C52H34N4/c1-4-14-35(15-5-1)36-24-28-40(29-25-36)55-48-23-13-11-21-44(48)50-49(55)33-32-43-42-20-10-12-22-47(42)56(51(43)50)41-30-26-38(27-31-41)46-34-45(37-16-6-2-7-17-37)53-52(54-46)39-18-8-3-9-19-39/h1-34H. The molecular weight excluding hydrogens is 681 g/mol. The third kappa shape index (κ3) is 5.23. The average Bonchev–Trinajstić information content (AvgIpc) is 3.80. The molecule has 262 valence electrons. The van der Waals surface area contributed by atoms with Crippen LogP contribution in [0.5, 0.6) is 0 Å². The van der Waals surface area contributed by atoms with Gasteiger partial charge in [-0.15, -0.1) is 0 Å². The Morgan fingerprint density at radius 2 is 0.768 bits per heavy atom. The van der Waals surface area contributed by atoms with Crippen LogP contribution in [-0.4, -0.2) is 19.1 Å². The lowest BCUT2D eigenvalue weighted by atomic mass is 10.1. The second-order valence-electron chi connectivity index (χ2n) is 14.2. The van der Waals surface area contributed by atoms with Gasteiger partial charge in [-0.05, 0) is 59.7 Å². The van der Waals surface area contributed by atoms with Gasteiger partial charge in [0, 0.05) is 49.6 Å². The molecule has 0 atom stereocenters. The summed E-state index contributed by atoms with van der Waals surface area (Å²) in [6, 6.07) is 73.2. The second kappa shape index (κ2) is 13.1. The molecular formula is C52H34N4. The van der Waals surface area contributed by atoms with E-state index >= 15 is 0 Å². The fourth-order valence-corrected chi connectivity index (χ4v) is 8.34. The molecule has 0 fully saturated rings. The number of benzene rings is 8. The Labute approximate surface area is 324 Å². The van der Waals surface area contributed by atoms with Crippen molar-refractivity contribution in [3.05, 3.63) is 206 Å². The van der Waals surface area contributed by atoms with Crippen molar-refractivity contribution in [2.75, 3.05) is 0 Å². The van der Waals surface area contributed by atoms with Crippen LogP contribution >= 0.6 is 0 Å². The third-order valence-corrected chi connectivity index (χ3v) is 11.0. The van der Waals surface area contributed by atoms with E-state index in [1.54, 1.807) is 0 Å². The first-order valence-electron chi connectivity index (χ1n) is 19.0. The van der Waals surface area contributed by atoms with Crippen LogP contribution in [0.2, 0.25) is 0 Å². The maximum atomic E-state index is 5.10. The molecule has 0 aliphatic carbocycles. The number of aromatic nitrogens is 4. The molecule has 8 aromatic carbocycles. The van der Waals surface area contributed by atoms with Crippen LogP contribution in [0.4, 0.5) is 0 Å². The van der Waals surface area contributed by atoms with Gasteiger partial charge in [-0.2, -0.15) is 0 Å². The van der Waals surface area contributed by atoms with E-state index in [0.29, 0.717) is 5.82 Å². The van der Waals surface area contributed by atoms with E-state index in [4.69, 9.17) is 9.97 Å². The van der Waals surface area contributed by atoms with E-state index in [1.807, 2.05) is 24.3 Å². The molecule has 11 aromatic rings. The molecule has 0 unspecified atom stereocenters. The molecule has 3 heterocycles. The number of fused-ring (bicyclic) bond motifs is 7. The van der Waals surface area contributed by atoms with Crippen molar-refractivity contribution in [3.63, 3.8) is 0 Å². The molecule has 0 amide bonds. The van der Waals surface area contributed by atoms with Crippen molar-refractivity contribution >= 4 is 43.6 Å². The average molecular weight is 715 g/mol. The van der Waals surface area contributed by atoms with Crippen molar-refractivity contribution in [2.24, 2.45) is 0 Å². The summed E-state index contributed by atoms with van der Waals surface area (Å²) in [5.41, 5.74) is 14.2. The summed E-state index contributed by atoms with van der Waals surface area (Å²) in [4.78, 5) is 10.1. The zero-order valence-electron chi connectivity index (χ0n) is 30.4. The molecule has 4 nitrogen and oxygen atoms in total. The van der Waals surface area contributed by atoms with Crippen LogP contribution in [0.1, 0.15) is 0 Å². The zero-order valence-corrected chi connectivity index (χ0v) is 30.4. The Balaban J connectivity index is 1.10. The molecule has 11 rings (SSSR count). The lowest BCUT2D eigenvalue weighted by molar-refractivity contribution is 1.17. The monoisotopic (exact) mass is 714 g/mol. The van der Waals surface area contributed by atoms with Crippen LogP contribution in [0, 0.1) is 0 Å². The highest BCUT2D eigenvalue weighted by Crippen LogP contribution is 2.42. The summed E-state index contributed by atoms with van der Waals surface area (Å²) in [6.45, 7) is 0. The topological polar surface area (TPSA) is 35.6 Å². The van der Waals surface area contributed by atoms with Crippen LogP contribution in [0.3, 0.4) is 0 Å². The predicted octanol–water partition coefficient (Wildman–Crippen LogP) is 13.3. The van der Waals surface area contributed by atoms with Crippen LogP contribution in [0.15, 0.2) is 206 Å². The van der Waals surface area contributed by atoms with Crippen LogP contribution < -0.4 is 0 Å². The Morgan fingerprint density at radius 1 is 0.304 bits per heavy atom. The van der Waals surface area contributed by atoms with Crippen LogP contribution in [-0.2, 0) is 0 Å². The lowest BCUT2D eigenvalue weighted by Gasteiger charge is -2.12. The number of hydrogen-bond donors (Lipinski definition) is 0. The van der Waals surface area contributed by atoms with Gasteiger partial charge in [0.1, 0.15) is 0 Å². The van der Waals surface area contributed by atoms with Gasteiger partial charge in [-0.25, -0.2) is 9.97 Å². The molecule has 3 aromatic heterocycles. The van der Waals surface area contributed by atoms with Crippen molar-refractivity contribution in [1.29, 1.82) is 0 Å². The van der Waals surface area contributed by atoms with Crippen molar-refractivity contribution in [1.82, 2.24) is 19.1 Å². The summed E-state index contributed by atoms with van der Waals surface area (Å²) < 4.78 is 4.85. The summed E-state index contributed by atoms with van der Waals surface area (Å²) in [5.74, 6) is 0.710. The van der Waals surface area contributed by atoms with E-state index in [-0.39, 0.29) is 0 Å². The molecule has 0 aliphatic rings. The van der Waals surface area contributed by atoms with Gasteiger partial charge < -0.3 is 9.13 Å². The molecule has 56 heavy (non-hydrogen) atoms. The zero-order chi connectivity index (χ0) is 37.0. The Hall–Kier alpha value is -7.56. The number of hydrogen-bond acceptors (Lipinski definition) is 2. The molecule has 0 spiro atoms. The van der Waals surface area contributed by atoms with Gasteiger partial charge in [-0.3, -0.25) is 0 Å². The lowest BCUT2D eigenvalue weighted by Crippen LogP contribution is -1.97. The maximum absolute atomic E-state index is 5.10. The maximum Gasteiger partial charge on any atom is 0.160 e. The van der Waals surface area contributed by atoms with Gasteiger partial charge in [0.15, 0.2) is 5.82 Å². The predicted molar refractivity (Wildman–Crippen MR) is 232 cm³/mol. The quantitative estimate of drug-likeness (QED) is 0.172. The molecule has 4 heteroatoms. The molecule has 0 saturated carbocycles. The highest BCUT2D eigenvalue weighted by Gasteiger charge is 2.21. The van der Waals surface area contributed by atoms with Gasteiger partial charge in [0.05, 0.1) is 33.5 Å². The largest absolute Gasteiger partial charge is 0.309 e. The minimum absolute atomic E-state index is 0.710. The first-order valence-corrected chi connectivity index (χ1v) is 19.0. The molecule has 0 aliphatic heterocycles. The van der Waals surface area contributed by atoms with Crippen molar-refractivity contribution < 1.29 is 0 Å². The third-order valence-electron chi connectivity index (χ3n) is 11.0. The highest BCUT2D eigenvalue weighted by atomic mass is 15.0. The van der Waals surface area contributed by atoms with E-state index < -0.39 is 0 Å². The first-order chi connectivity index (χ1) is 27.8. The minimum atomic E-state index is 0.710. The number of para-hydroxylation sites is 2. The highest BCUT2D eigenvalue weighted by molar-refractivity contribution is 6.26. The Morgan fingerprint density at radius 3 is 1.41 bits per heavy atom. The Kier molecular flexibility index (Phi) is 7.46. The number of rotatable bonds is 6. The van der Waals surface area contributed by atoms with Gasteiger partial charge >= 0.3 is 0 Å². The van der Waals surface area contributed by atoms with E-state index in [9.17, 15) is 0 Å². The molecule has 0 bridgehead atoms. The van der Waals surface area contributed by atoms with Gasteiger partial charge in [0.25, 0.3) is 0 Å². The van der Waals surface area contributed by atoms with E-state index in [1.165, 1.54) is 54.7 Å². The van der Waals surface area contributed by atoms with Gasteiger partial charge in [0.2, 0.25) is 0 Å². The van der Waals surface area contributed by atoms with E-state index in [0.717, 1.165) is 39.5 Å². The van der Waals surface area contributed by atoms with Gasteiger partial charge in [-0.1, -0.05) is 158 Å². The summed E-state index contributed by atoms with van der Waals surface area (Å²) in [7, 11) is 0. The smallest absolute Gasteiger partial charge is 0.160 e. The van der Waals surface area contributed by atoms with E-state index in [2.05, 4.69) is 191 Å². The first kappa shape index (κ1) is 31.9. The fourth-order valence-electron chi connectivity index (χ4n) is 8.34. The summed E-state index contributed by atoms with van der Waals surface area (Å²) in [6.07, 6.45) is 0. The molecule has 0 radical (unpaired) electrons. The Bertz CT molecular complexity index is 3140. The van der Waals surface area contributed by atoms with Crippen molar-refractivity contribution in [2.45, 2.75) is 0 Å². The van der Waals surface area contributed by atoms with Crippen molar-refractivity contribution in [3.8, 4) is 56.4 Å². The second-order valence-corrected chi connectivity index (χ2v) is 14.2. The number of nitrogens with zero attached hydrogens (tertiary/aromatic N) is 4. The SMILES string of the molecule is c1ccc(-c2ccc(-n3c4ccccc4c4c3ccc3c5ccccc5n(-c5ccc(-c6cc(-c7ccccc7)nc(-c7ccccc7)n6)cc5)c34)cc2)cc1. The summed E-state index contributed by atoms with van der Waals surface area (Å²) >= 11 is 0. The minimum Gasteiger partial charge on any atom is -0.309 e. The molecule has 0 N–H and O–H groups in total. The molecule has 0 saturated heterocycles.